The van der Waals surface area contributed by atoms with Crippen LogP contribution in [0.1, 0.15) is 47.0 Å². The number of carbonyl (C=O) groups excluding carboxylic acids is 1. The van der Waals surface area contributed by atoms with Gasteiger partial charge in [-0.05, 0) is 24.7 Å². The zero-order valence-corrected chi connectivity index (χ0v) is 12.7. The van der Waals surface area contributed by atoms with Crippen molar-refractivity contribution in [3.8, 4) is 0 Å². The van der Waals surface area contributed by atoms with Crippen molar-refractivity contribution < 1.29 is 19.4 Å². The molecule has 0 aromatic rings. The number of rotatable bonds is 6. The fourth-order valence-electron chi connectivity index (χ4n) is 1.99. The molecule has 114 valence electrons. The number of carboxylic acid groups (broad SMARTS) is 1. The first-order valence-corrected chi connectivity index (χ1v) is 7.10. The Morgan fingerprint density at radius 3 is 2.55 bits per heavy atom. The van der Waals surface area contributed by atoms with Gasteiger partial charge in [0.25, 0.3) is 0 Å². The Hall–Kier alpha value is -1.52. The highest BCUT2D eigenvalue weighted by molar-refractivity contribution is 5.80. The zero-order valence-electron chi connectivity index (χ0n) is 12.7. The van der Waals surface area contributed by atoms with Crippen molar-refractivity contribution in [1.29, 1.82) is 0 Å². The van der Waals surface area contributed by atoms with Gasteiger partial charge in [0.1, 0.15) is 12.1 Å². The highest BCUT2D eigenvalue weighted by Crippen LogP contribution is 2.37. The van der Waals surface area contributed by atoms with Crippen molar-refractivity contribution in [2.45, 2.75) is 59.1 Å². The molecule has 0 heterocycles. The quantitative estimate of drug-likeness (QED) is 0.735. The third-order valence-electron chi connectivity index (χ3n) is 3.33. The average Bonchev–Trinajstić information content (AvgIpc) is 3.03. The number of alkyl carbamates (subject to hydrolysis) is 1. The van der Waals surface area contributed by atoms with Crippen LogP contribution in [0, 0.1) is 11.3 Å². The van der Waals surface area contributed by atoms with Crippen LogP contribution in [0.15, 0.2) is 12.2 Å². The van der Waals surface area contributed by atoms with Crippen molar-refractivity contribution in [1.82, 2.24) is 5.32 Å². The molecular weight excluding hydrogens is 258 g/mol. The average molecular weight is 283 g/mol. The lowest BCUT2D eigenvalue weighted by molar-refractivity contribution is -0.142. The number of ether oxygens (including phenoxy) is 1. The number of allylic oxidation sites excluding steroid dienone is 2. The van der Waals surface area contributed by atoms with Crippen LogP contribution in [0.5, 0.6) is 0 Å². The summed E-state index contributed by atoms with van der Waals surface area (Å²) in [6.45, 7) is 7.37. The summed E-state index contributed by atoms with van der Waals surface area (Å²) in [5.41, 5.74) is -0.558. The summed E-state index contributed by atoms with van der Waals surface area (Å²) in [7, 11) is 0. The molecule has 1 aliphatic rings. The fraction of sp³-hybridized carbons (Fsp3) is 0.733. The van der Waals surface area contributed by atoms with Crippen LogP contribution in [0.4, 0.5) is 4.79 Å². The van der Waals surface area contributed by atoms with Crippen molar-refractivity contribution >= 4 is 12.1 Å². The Morgan fingerprint density at radius 1 is 1.40 bits per heavy atom. The van der Waals surface area contributed by atoms with E-state index < -0.39 is 23.5 Å². The second kappa shape index (κ2) is 6.77. The van der Waals surface area contributed by atoms with Gasteiger partial charge in [-0.3, -0.25) is 0 Å². The maximum absolute atomic E-state index is 11.7. The Bertz CT molecular complexity index is 384. The minimum absolute atomic E-state index is 0.0779. The smallest absolute Gasteiger partial charge is 0.408 e. The number of hydrogen-bond acceptors (Lipinski definition) is 3. The van der Waals surface area contributed by atoms with Crippen LogP contribution < -0.4 is 5.32 Å². The monoisotopic (exact) mass is 283 g/mol. The molecule has 0 aromatic heterocycles. The maximum atomic E-state index is 11.7. The predicted molar refractivity (Wildman–Crippen MR) is 76.4 cm³/mol. The minimum atomic E-state index is -1.05. The Labute approximate surface area is 120 Å². The molecule has 1 amide bonds. The molecule has 1 rings (SSSR count). The number of carbonyl (C=O) groups is 2. The van der Waals surface area contributed by atoms with E-state index in [-0.39, 0.29) is 6.10 Å². The van der Waals surface area contributed by atoms with Crippen molar-refractivity contribution in [2.24, 2.45) is 11.3 Å². The molecule has 5 nitrogen and oxygen atoms in total. The molecule has 2 N–H and O–H groups in total. The van der Waals surface area contributed by atoms with Gasteiger partial charge in [-0.1, -0.05) is 39.8 Å². The molecule has 0 bridgehead atoms. The van der Waals surface area contributed by atoms with Gasteiger partial charge in [-0.25, -0.2) is 9.59 Å². The molecule has 2 unspecified atom stereocenters. The van der Waals surface area contributed by atoms with Gasteiger partial charge in [-0.15, -0.1) is 0 Å². The highest BCUT2D eigenvalue weighted by atomic mass is 16.6. The number of nitrogens with one attached hydrogen (secondary N) is 1. The van der Waals surface area contributed by atoms with Gasteiger partial charge in [0.15, 0.2) is 0 Å². The van der Waals surface area contributed by atoms with E-state index in [1.54, 1.807) is 20.8 Å². The SMILES string of the molecule is CC/C=C\CC1C[C@@H]1OC(=O)NC(C(=O)O)C(C)(C)C. The van der Waals surface area contributed by atoms with E-state index in [1.165, 1.54) is 0 Å². The van der Waals surface area contributed by atoms with Crippen LogP contribution in [-0.4, -0.2) is 29.3 Å². The predicted octanol–water partition coefficient (Wildman–Crippen LogP) is 2.96. The Kier molecular flexibility index (Phi) is 5.60. The first-order chi connectivity index (χ1) is 9.25. The lowest BCUT2D eigenvalue weighted by Gasteiger charge is -2.27. The van der Waals surface area contributed by atoms with Gasteiger partial charge in [0, 0.05) is 5.92 Å². The Balaban J connectivity index is 2.37. The zero-order chi connectivity index (χ0) is 15.3. The van der Waals surface area contributed by atoms with Gasteiger partial charge >= 0.3 is 12.1 Å². The molecule has 0 aromatic carbocycles. The number of amides is 1. The first-order valence-electron chi connectivity index (χ1n) is 7.10. The second-order valence-corrected chi connectivity index (χ2v) is 6.34. The van der Waals surface area contributed by atoms with E-state index in [4.69, 9.17) is 9.84 Å². The van der Waals surface area contributed by atoms with E-state index >= 15 is 0 Å². The highest BCUT2D eigenvalue weighted by Gasteiger charge is 2.41. The van der Waals surface area contributed by atoms with Crippen LogP contribution in [0.25, 0.3) is 0 Å². The van der Waals surface area contributed by atoms with E-state index in [0.29, 0.717) is 5.92 Å². The van der Waals surface area contributed by atoms with Crippen LogP contribution in [0.2, 0.25) is 0 Å². The van der Waals surface area contributed by atoms with E-state index in [2.05, 4.69) is 24.4 Å². The van der Waals surface area contributed by atoms with E-state index in [9.17, 15) is 9.59 Å². The van der Waals surface area contributed by atoms with Crippen molar-refractivity contribution in [3.05, 3.63) is 12.2 Å². The summed E-state index contributed by atoms with van der Waals surface area (Å²) >= 11 is 0. The van der Waals surface area contributed by atoms with Gasteiger partial charge in [-0.2, -0.15) is 0 Å². The second-order valence-electron chi connectivity index (χ2n) is 6.34. The number of aliphatic carboxylic acids is 1. The molecule has 5 heteroatoms. The maximum Gasteiger partial charge on any atom is 0.408 e. The van der Waals surface area contributed by atoms with Crippen molar-refractivity contribution in [2.75, 3.05) is 0 Å². The lowest BCUT2D eigenvalue weighted by atomic mass is 9.87. The molecule has 0 aliphatic heterocycles. The molecule has 1 aliphatic carbocycles. The lowest BCUT2D eigenvalue weighted by Crippen LogP contribution is -2.49. The summed E-state index contributed by atoms with van der Waals surface area (Å²) in [4.78, 5) is 22.9. The first kappa shape index (κ1) is 16.5. The summed E-state index contributed by atoms with van der Waals surface area (Å²) in [6, 6.07) is -0.952. The van der Waals surface area contributed by atoms with Crippen molar-refractivity contribution in [3.63, 3.8) is 0 Å². The molecule has 3 atom stereocenters. The van der Waals surface area contributed by atoms with Gasteiger partial charge in [0.2, 0.25) is 0 Å². The number of hydrogen-bond donors (Lipinski definition) is 2. The molecule has 1 fully saturated rings. The molecular formula is C15H25NO4. The van der Waals surface area contributed by atoms with Gasteiger partial charge in [0.05, 0.1) is 0 Å². The molecule has 0 saturated heterocycles. The topological polar surface area (TPSA) is 75.6 Å². The fourth-order valence-corrected chi connectivity index (χ4v) is 1.99. The van der Waals surface area contributed by atoms with E-state index in [0.717, 1.165) is 19.3 Å². The summed E-state index contributed by atoms with van der Waals surface area (Å²) in [5.74, 6) is -0.672. The minimum Gasteiger partial charge on any atom is -0.480 e. The van der Waals surface area contributed by atoms with Crippen LogP contribution in [0.3, 0.4) is 0 Å². The molecule has 0 spiro atoms. The van der Waals surface area contributed by atoms with Gasteiger partial charge < -0.3 is 15.2 Å². The largest absolute Gasteiger partial charge is 0.480 e. The van der Waals surface area contributed by atoms with E-state index in [1.807, 2.05) is 0 Å². The molecule has 0 radical (unpaired) electrons. The number of carboxylic acids is 1. The molecule has 20 heavy (non-hydrogen) atoms. The third kappa shape index (κ3) is 5.23. The third-order valence-corrected chi connectivity index (χ3v) is 3.33. The normalized spacial score (nSPS) is 23.4. The summed E-state index contributed by atoms with van der Waals surface area (Å²) < 4.78 is 5.23. The molecule has 1 saturated carbocycles. The summed E-state index contributed by atoms with van der Waals surface area (Å²) in [5, 5.41) is 11.6. The Morgan fingerprint density at radius 2 is 2.05 bits per heavy atom. The van der Waals surface area contributed by atoms with Crippen LogP contribution >= 0.6 is 0 Å². The standard InChI is InChI=1S/C15H25NO4/c1-5-6-7-8-10-9-11(10)20-14(19)16-12(13(17)18)15(2,3)4/h6-7,10-12H,5,8-9H2,1-4H3,(H,16,19)(H,17,18)/b7-6-/t10?,11-,12?/m0/s1. The summed E-state index contributed by atoms with van der Waals surface area (Å²) in [6.07, 6.45) is 6.24. The van der Waals surface area contributed by atoms with Crippen LogP contribution in [-0.2, 0) is 9.53 Å².